The standard InChI is InChI=1S/C11H15BrN2O/c1-7(2)14(3)11(15)8-5-4-6-9(13)10(8)12/h4-7H,13H2,1-3H3. The molecule has 0 fully saturated rings. The van der Waals surface area contributed by atoms with Crippen LogP contribution in [0, 0.1) is 0 Å². The Bertz CT molecular complexity index is 377. The van der Waals surface area contributed by atoms with E-state index in [1.165, 1.54) is 0 Å². The molecule has 0 radical (unpaired) electrons. The minimum Gasteiger partial charge on any atom is -0.398 e. The number of nitrogens with zero attached hydrogens (tertiary/aromatic N) is 1. The van der Waals surface area contributed by atoms with E-state index in [0.29, 0.717) is 15.7 Å². The Balaban J connectivity index is 3.07. The van der Waals surface area contributed by atoms with E-state index in [1.54, 1.807) is 30.1 Å². The van der Waals surface area contributed by atoms with Crippen LogP contribution in [0.2, 0.25) is 0 Å². The highest BCUT2D eigenvalue weighted by molar-refractivity contribution is 9.10. The average molecular weight is 271 g/mol. The third kappa shape index (κ3) is 2.50. The topological polar surface area (TPSA) is 46.3 Å². The first kappa shape index (κ1) is 12.0. The number of nitrogens with two attached hydrogens (primary N) is 1. The van der Waals surface area contributed by atoms with E-state index in [0.717, 1.165) is 0 Å². The summed E-state index contributed by atoms with van der Waals surface area (Å²) >= 11 is 3.33. The summed E-state index contributed by atoms with van der Waals surface area (Å²) in [5.74, 6) is -0.0239. The Morgan fingerprint density at radius 3 is 2.60 bits per heavy atom. The third-order valence-corrected chi connectivity index (χ3v) is 3.24. The molecule has 4 heteroatoms. The number of nitrogen functional groups attached to an aromatic ring is 1. The molecule has 0 heterocycles. The number of halogens is 1. The van der Waals surface area contributed by atoms with Gasteiger partial charge in [-0.05, 0) is 41.9 Å². The fourth-order valence-electron chi connectivity index (χ4n) is 1.14. The number of carbonyl (C=O) groups excluding carboxylic acids is 1. The van der Waals surface area contributed by atoms with Crippen molar-refractivity contribution in [3.8, 4) is 0 Å². The predicted molar refractivity (Wildman–Crippen MR) is 65.8 cm³/mol. The van der Waals surface area contributed by atoms with Crippen molar-refractivity contribution in [2.45, 2.75) is 19.9 Å². The quantitative estimate of drug-likeness (QED) is 0.840. The fourth-order valence-corrected chi connectivity index (χ4v) is 1.57. The summed E-state index contributed by atoms with van der Waals surface area (Å²) in [7, 11) is 1.78. The molecule has 0 atom stereocenters. The number of hydrogen-bond acceptors (Lipinski definition) is 2. The Labute approximate surface area is 98.4 Å². The van der Waals surface area contributed by atoms with Gasteiger partial charge in [0.15, 0.2) is 0 Å². The maximum Gasteiger partial charge on any atom is 0.255 e. The van der Waals surface area contributed by atoms with Crippen LogP contribution in [0.3, 0.4) is 0 Å². The molecular weight excluding hydrogens is 256 g/mol. The molecule has 0 unspecified atom stereocenters. The molecule has 1 aromatic rings. The van der Waals surface area contributed by atoms with Gasteiger partial charge >= 0.3 is 0 Å². The largest absolute Gasteiger partial charge is 0.398 e. The van der Waals surface area contributed by atoms with Gasteiger partial charge in [-0.15, -0.1) is 0 Å². The van der Waals surface area contributed by atoms with E-state index >= 15 is 0 Å². The van der Waals surface area contributed by atoms with Crippen molar-refractivity contribution in [3.63, 3.8) is 0 Å². The van der Waals surface area contributed by atoms with Crippen LogP contribution in [-0.4, -0.2) is 23.9 Å². The van der Waals surface area contributed by atoms with Crippen molar-refractivity contribution in [2.24, 2.45) is 0 Å². The van der Waals surface area contributed by atoms with Crippen molar-refractivity contribution in [1.82, 2.24) is 4.90 Å². The second-order valence-electron chi connectivity index (χ2n) is 3.72. The van der Waals surface area contributed by atoms with Crippen LogP contribution >= 0.6 is 15.9 Å². The first-order valence-corrected chi connectivity index (χ1v) is 5.55. The van der Waals surface area contributed by atoms with Crippen LogP contribution in [0.25, 0.3) is 0 Å². The number of rotatable bonds is 2. The monoisotopic (exact) mass is 270 g/mol. The summed E-state index contributed by atoms with van der Waals surface area (Å²) in [5, 5.41) is 0. The van der Waals surface area contributed by atoms with E-state index in [-0.39, 0.29) is 11.9 Å². The molecule has 0 bridgehead atoms. The maximum absolute atomic E-state index is 12.0. The van der Waals surface area contributed by atoms with E-state index in [2.05, 4.69) is 15.9 Å². The van der Waals surface area contributed by atoms with E-state index in [1.807, 2.05) is 13.8 Å². The fraction of sp³-hybridized carbons (Fsp3) is 0.364. The Kier molecular flexibility index (Phi) is 3.74. The van der Waals surface area contributed by atoms with Crippen molar-refractivity contribution < 1.29 is 4.79 Å². The smallest absolute Gasteiger partial charge is 0.255 e. The van der Waals surface area contributed by atoms with Gasteiger partial charge in [-0.25, -0.2) is 0 Å². The minimum absolute atomic E-state index is 0.0239. The van der Waals surface area contributed by atoms with Gasteiger partial charge < -0.3 is 10.6 Å². The van der Waals surface area contributed by atoms with Crippen LogP contribution in [0.4, 0.5) is 5.69 Å². The number of amides is 1. The zero-order chi connectivity index (χ0) is 11.6. The van der Waals surface area contributed by atoms with Gasteiger partial charge in [0.1, 0.15) is 0 Å². The molecule has 0 saturated heterocycles. The number of anilines is 1. The van der Waals surface area contributed by atoms with Gasteiger partial charge in [-0.2, -0.15) is 0 Å². The zero-order valence-corrected chi connectivity index (χ0v) is 10.7. The Morgan fingerprint density at radius 1 is 1.47 bits per heavy atom. The van der Waals surface area contributed by atoms with Gasteiger partial charge in [0.05, 0.1) is 10.0 Å². The highest BCUT2D eigenvalue weighted by Gasteiger charge is 2.17. The maximum atomic E-state index is 12.0. The Morgan fingerprint density at radius 2 is 2.07 bits per heavy atom. The summed E-state index contributed by atoms with van der Waals surface area (Å²) in [6.07, 6.45) is 0. The second-order valence-corrected chi connectivity index (χ2v) is 4.51. The summed E-state index contributed by atoms with van der Waals surface area (Å²) in [6.45, 7) is 3.94. The molecule has 15 heavy (non-hydrogen) atoms. The molecule has 0 aliphatic heterocycles. The van der Waals surface area contributed by atoms with Gasteiger partial charge in [0, 0.05) is 18.8 Å². The normalized spacial score (nSPS) is 10.5. The molecule has 0 aliphatic rings. The van der Waals surface area contributed by atoms with Gasteiger partial charge in [0.25, 0.3) is 5.91 Å². The number of carbonyl (C=O) groups is 1. The number of benzene rings is 1. The lowest BCUT2D eigenvalue weighted by Gasteiger charge is -2.22. The number of hydrogen-bond donors (Lipinski definition) is 1. The van der Waals surface area contributed by atoms with Crippen LogP contribution in [0.15, 0.2) is 22.7 Å². The molecule has 82 valence electrons. The SMILES string of the molecule is CC(C)N(C)C(=O)c1cccc(N)c1Br. The van der Waals surface area contributed by atoms with Crippen LogP contribution in [-0.2, 0) is 0 Å². The minimum atomic E-state index is -0.0239. The van der Waals surface area contributed by atoms with E-state index in [4.69, 9.17) is 5.73 Å². The lowest BCUT2D eigenvalue weighted by Crippen LogP contribution is -2.33. The molecule has 0 spiro atoms. The average Bonchev–Trinajstić information content (AvgIpc) is 2.20. The molecule has 0 aliphatic carbocycles. The van der Waals surface area contributed by atoms with Crippen molar-refractivity contribution in [3.05, 3.63) is 28.2 Å². The van der Waals surface area contributed by atoms with Crippen molar-refractivity contribution in [1.29, 1.82) is 0 Å². The van der Waals surface area contributed by atoms with Crippen LogP contribution in [0.5, 0.6) is 0 Å². The zero-order valence-electron chi connectivity index (χ0n) is 9.12. The summed E-state index contributed by atoms with van der Waals surface area (Å²) in [4.78, 5) is 13.7. The highest BCUT2D eigenvalue weighted by Crippen LogP contribution is 2.24. The predicted octanol–water partition coefficient (Wildman–Crippen LogP) is 2.51. The molecule has 0 aromatic heterocycles. The molecule has 1 rings (SSSR count). The first-order chi connectivity index (χ1) is 6.95. The van der Waals surface area contributed by atoms with Gasteiger partial charge in [0.2, 0.25) is 0 Å². The third-order valence-electron chi connectivity index (χ3n) is 2.35. The molecule has 1 amide bonds. The van der Waals surface area contributed by atoms with Crippen LogP contribution in [0.1, 0.15) is 24.2 Å². The van der Waals surface area contributed by atoms with Crippen LogP contribution < -0.4 is 5.73 Å². The van der Waals surface area contributed by atoms with Gasteiger partial charge in [-0.1, -0.05) is 6.07 Å². The summed E-state index contributed by atoms with van der Waals surface area (Å²) < 4.78 is 0.669. The van der Waals surface area contributed by atoms with E-state index < -0.39 is 0 Å². The Hall–Kier alpha value is -1.03. The molecule has 0 saturated carbocycles. The molecule has 1 aromatic carbocycles. The van der Waals surface area contributed by atoms with Crippen molar-refractivity contribution in [2.75, 3.05) is 12.8 Å². The molecule has 2 N–H and O–H groups in total. The summed E-state index contributed by atoms with van der Waals surface area (Å²) in [6, 6.07) is 5.48. The lowest BCUT2D eigenvalue weighted by atomic mass is 10.1. The second kappa shape index (κ2) is 4.66. The van der Waals surface area contributed by atoms with E-state index in [9.17, 15) is 4.79 Å². The summed E-state index contributed by atoms with van der Waals surface area (Å²) in [5.41, 5.74) is 6.90. The van der Waals surface area contributed by atoms with Crippen molar-refractivity contribution >= 4 is 27.5 Å². The molecular formula is C11H15BrN2O. The molecule has 3 nitrogen and oxygen atoms in total. The van der Waals surface area contributed by atoms with Gasteiger partial charge in [-0.3, -0.25) is 4.79 Å². The highest BCUT2D eigenvalue weighted by atomic mass is 79.9. The lowest BCUT2D eigenvalue weighted by molar-refractivity contribution is 0.0754. The first-order valence-electron chi connectivity index (χ1n) is 4.76.